The van der Waals surface area contributed by atoms with Crippen LogP contribution in [0.5, 0.6) is 5.75 Å². The topological polar surface area (TPSA) is 47.6 Å². The van der Waals surface area contributed by atoms with Crippen LogP contribution in [0, 0.1) is 0 Å². The van der Waals surface area contributed by atoms with Crippen LogP contribution in [0.4, 0.5) is 0 Å². The number of ether oxygens (including phenoxy) is 2. The standard InChI is InChI=1S/C13H18BrNO3/c1-17-12-5-3-2-4-11(12)10-13(16)15-7-9-18-8-6-14/h2-5H,6-10H2,1H3,(H,15,16). The molecule has 0 spiro atoms. The zero-order valence-electron chi connectivity index (χ0n) is 10.4. The maximum Gasteiger partial charge on any atom is 0.224 e. The zero-order valence-corrected chi connectivity index (χ0v) is 12.0. The molecule has 0 heterocycles. The second-order valence-electron chi connectivity index (χ2n) is 3.64. The van der Waals surface area contributed by atoms with Crippen molar-refractivity contribution >= 4 is 21.8 Å². The minimum atomic E-state index is -0.0260. The van der Waals surface area contributed by atoms with Gasteiger partial charge in [0.25, 0.3) is 0 Å². The smallest absolute Gasteiger partial charge is 0.224 e. The first kappa shape index (κ1) is 15.0. The second kappa shape index (κ2) is 8.94. The predicted molar refractivity (Wildman–Crippen MR) is 74.3 cm³/mol. The van der Waals surface area contributed by atoms with E-state index in [9.17, 15) is 4.79 Å². The molecule has 0 aliphatic heterocycles. The lowest BCUT2D eigenvalue weighted by molar-refractivity contribution is -0.120. The van der Waals surface area contributed by atoms with Gasteiger partial charge in [0.1, 0.15) is 5.75 Å². The van der Waals surface area contributed by atoms with Crippen LogP contribution in [-0.2, 0) is 16.0 Å². The fraction of sp³-hybridized carbons (Fsp3) is 0.462. The molecule has 0 radical (unpaired) electrons. The molecule has 0 unspecified atom stereocenters. The van der Waals surface area contributed by atoms with Crippen LogP contribution in [-0.4, -0.2) is 38.1 Å². The first-order chi connectivity index (χ1) is 8.77. The van der Waals surface area contributed by atoms with E-state index >= 15 is 0 Å². The number of amides is 1. The van der Waals surface area contributed by atoms with E-state index in [1.54, 1.807) is 7.11 Å². The highest BCUT2D eigenvalue weighted by molar-refractivity contribution is 9.09. The van der Waals surface area contributed by atoms with Gasteiger partial charge in [0.15, 0.2) is 0 Å². The minimum Gasteiger partial charge on any atom is -0.496 e. The third-order valence-corrected chi connectivity index (χ3v) is 2.66. The molecule has 1 N–H and O–H groups in total. The van der Waals surface area contributed by atoms with Gasteiger partial charge in [-0.1, -0.05) is 34.1 Å². The molecule has 100 valence electrons. The monoisotopic (exact) mass is 315 g/mol. The average Bonchev–Trinajstić information content (AvgIpc) is 2.39. The van der Waals surface area contributed by atoms with Crippen molar-refractivity contribution in [3.05, 3.63) is 29.8 Å². The number of carbonyl (C=O) groups excluding carboxylic acids is 1. The van der Waals surface area contributed by atoms with Gasteiger partial charge in [0, 0.05) is 17.4 Å². The van der Waals surface area contributed by atoms with Gasteiger partial charge in [-0.3, -0.25) is 4.79 Å². The molecule has 1 aromatic carbocycles. The maximum atomic E-state index is 11.7. The number of hydrogen-bond donors (Lipinski definition) is 1. The molecule has 1 aromatic rings. The molecule has 1 rings (SSSR count). The number of rotatable bonds is 8. The van der Waals surface area contributed by atoms with Crippen molar-refractivity contribution in [2.24, 2.45) is 0 Å². The van der Waals surface area contributed by atoms with Crippen molar-refractivity contribution in [2.75, 3.05) is 32.2 Å². The Morgan fingerprint density at radius 1 is 1.33 bits per heavy atom. The fourth-order valence-electron chi connectivity index (χ4n) is 1.50. The van der Waals surface area contributed by atoms with Gasteiger partial charge in [-0.05, 0) is 6.07 Å². The van der Waals surface area contributed by atoms with Crippen LogP contribution in [0.1, 0.15) is 5.56 Å². The Kier molecular flexibility index (Phi) is 7.44. The van der Waals surface area contributed by atoms with Crippen LogP contribution >= 0.6 is 15.9 Å². The molecule has 0 aromatic heterocycles. The summed E-state index contributed by atoms with van der Waals surface area (Å²) in [5.41, 5.74) is 0.888. The fourth-order valence-corrected chi connectivity index (χ4v) is 1.73. The predicted octanol–water partition coefficient (Wildman–Crippen LogP) is 1.77. The Morgan fingerprint density at radius 3 is 2.83 bits per heavy atom. The van der Waals surface area contributed by atoms with Gasteiger partial charge in [0.05, 0.1) is 26.7 Å². The number of alkyl halides is 1. The third kappa shape index (κ3) is 5.51. The summed E-state index contributed by atoms with van der Waals surface area (Å²) in [5.74, 6) is 0.713. The van der Waals surface area contributed by atoms with E-state index in [0.29, 0.717) is 26.2 Å². The summed E-state index contributed by atoms with van der Waals surface area (Å²) in [6, 6.07) is 7.51. The summed E-state index contributed by atoms with van der Waals surface area (Å²) in [5, 5.41) is 3.61. The van der Waals surface area contributed by atoms with Crippen LogP contribution < -0.4 is 10.1 Å². The van der Waals surface area contributed by atoms with Gasteiger partial charge in [0.2, 0.25) is 5.91 Å². The van der Waals surface area contributed by atoms with Gasteiger partial charge >= 0.3 is 0 Å². The molecule has 0 fully saturated rings. The maximum absolute atomic E-state index is 11.7. The second-order valence-corrected chi connectivity index (χ2v) is 4.43. The highest BCUT2D eigenvalue weighted by atomic mass is 79.9. The molecule has 5 heteroatoms. The van der Waals surface area contributed by atoms with E-state index in [0.717, 1.165) is 16.6 Å². The Balaban J connectivity index is 2.31. The Bertz CT molecular complexity index is 371. The van der Waals surface area contributed by atoms with E-state index in [2.05, 4.69) is 21.2 Å². The van der Waals surface area contributed by atoms with Crippen molar-refractivity contribution in [2.45, 2.75) is 6.42 Å². The molecule has 0 aliphatic rings. The molecular formula is C13H18BrNO3. The lowest BCUT2D eigenvalue weighted by Crippen LogP contribution is -2.28. The Labute approximate surface area is 116 Å². The van der Waals surface area contributed by atoms with Crippen molar-refractivity contribution in [3.63, 3.8) is 0 Å². The number of halogens is 1. The number of hydrogen-bond acceptors (Lipinski definition) is 3. The zero-order chi connectivity index (χ0) is 13.2. The van der Waals surface area contributed by atoms with Crippen LogP contribution in [0.2, 0.25) is 0 Å². The van der Waals surface area contributed by atoms with Crippen LogP contribution in [0.25, 0.3) is 0 Å². The van der Waals surface area contributed by atoms with E-state index < -0.39 is 0 Å². The summed E-state index contributed by atoms with van der Waals surface area (Å²) >= 11 is 3.26. The number of carbonyl (C=O) groups is 1. The van der Waals surface area contributed by atoms with Crippen LogP contribution in [0.15, 0.2) is 24.3 Å². The van der Waals surface area contributed by atoms with Gasteiger partial charge < -0.3 is 14.8 Å². The quantitative estimate of drug-likeness (QED) is 0.587. The normalized spacial score (nSPS) is 10.1. The number of methoxy groups -OCH3 is 1. The third-order valence-electron chi connectivity index (χ3n) is 2.33. The van der Waals surface area contributed by atoms with E-state index in [1.807, 2.05) is 24.3 Å². The van der Waals surface area contributed by atoms with Crippen LogP contribution in [0.3, 0.4) is 0 Å². The summed E-state index contributed by atoms with van der Waals surface area (Å²) in [6.45, 7) is 1.71. The van der Waals surface area contributed by atoms with E-state index in [1.165, 1.54) is 0 Å². The molecule has 0 saturated carbocycles. The number of nitrogens with one attached hydrogen (secondary N) is 1. The highest BCUT2D eigenvalue weighted by Gasteiger charge is 2.07. The molecule has 0 aliphatic carbocycles. The first-order valence-corrected chi connectivity index (χ1v) is 6.92. The summed E-state index contributed by atoms with van der Waals surface area (Å²) in [4.78, 5) is 11.7. The molecule has 4 nitrogen and oxygen atoms in total. The average molecular weight is 316 g/mol. The number of benzene rings is 1. The molecule has 1 amide bonds. The summed E-state index contributed by atoms with van der Waals surface area (Å²) in [7, 11) is 1.60. The molecule has 0 bridgehead atoms. The van der Waals surface area contributed by atoms with Gasteiger partial charge in [-0.25, -0.2) is 0 Å². The Hall–Kier alpha value is -1.07. The molecule has 18 heavy (non-hydrogen) atoms. The van der Waals surface area contributed by atoms with Crippen molar-refractivity contribution < 1.29 is 14.3 Å². The Morgan fingerprint density at radius 2 is 2.11 bits per heavy atom. The highest BCUT2D eigenvalue weighted by Crippen LogP contribution is 2.17. The lowest BCUT2D eigenvalue weighted by atomic mass is 10.1. The van der Waals surface area contributed by atoms with Crippen molar-refractivity contribution in [3.8, 4) is 5.75 Å². The molecular weight excluding hydrogens is 298 g/mol. The summed E-state index contributed by atoms with van der Waals surface area (Å²) < 4.78 is 10.4. The van der Waals surface area contributed by atoms with E-state index in [4.69, 9.17) is 9.47 Å². The summed E-state index contributed by atoms with van der Waals surface area (Å²) in [6.07, 6.45) is 0.322. The van der Waals surface area contributed by atoms with Crippen molar-refractivity contribution in [1.29, 1.82) is 0 Å². The first-order valence-electron chi connectivity index (χ1n) is 5.80. The number of para-hydroxylation sites is 1. The molecule has 0 atom stereocenters. The van der Waals surface area contributed by atoms with E-state index in [-0.39, 0.29) is 5.91 Å². The lowest BCUT2D eigenvalue weighted by Gasteiger charge is -2.08. The minimum absolute atomic E-state index is 0.0260. The largest absolute Gasteiger partial charge is 0.496 e. The van der Waals surface area contributed by atoms with Gasteiger partial charge in [-0.2, -0.15) is 0 Å². The van der Waals surface area contributed by atoms with Crippen molar-refractivity contribution in [1.82, 2.24) is 5.32 Å². The van der Waals surface area contributed by atoms with Gasteiger partial charge in [-0.15, -0.1) is 0 Å². The SMILES string of the molecule is COc1ccccc1CC(=O)NCCOCCBr. The molecule has 0 saturated heterocycles.